The molecule has 0 aliphatic heterocycles. The number of methoxy groups -OCH3 is 1. The van der Waals surface area contributed by atoms with E-state index in [0.29, 0.717) is 22.6 Å². The minimum Gasteiger partial charge on any atom is -0.496 e. The molecule has 0 unspecified atom stereocenters. The van der Waals surface area contributed by atoms with Gasteiger partial charge in [0.25, 0.3) is 0 Å². The quantitative estimate of drug-likeness (QED) is 0.879. The maximum Gasteiger partial charge on any atom is 0.182 e. The van der Waals surface area contributed by atoms with Crippen molar-refractivity contribution >= 4 is 15.5 Å². The predicted octanol–water partition coefficient (Wildman–Crippen LogP) is 2.56. The number of hydrogen-bond acceptors (Lipinski definition) is 4. The molecule has 0 amide bonds. The van der Waals surface area contributed by atoms with Gasteiger partial charge in [-0.2, -0.15) is 0 Å². The van der Waals surface area contributed by atoms with Gasteiger partial charge < -0.3 is 10.5 Å². The highest BCUT2D eigenvalue weighted by Gasteiger charge is 2.20. The van der Waals surface area contributed by atoms with Crippen LogP contribution in [0.25, 0.3) is 0 Å². The summed E-state index contributed by atoms with van der Waals surface area (Å²) in [6.45, 7) is 1.76. The zero-order chi connectivity index (χ0) is 14.8. The maximum absolute atomic E-state index is 12.5. The van der Waals surface area contributed by atoms with E-state index in [9.17, 15) is 8.42 Å². The van der Waals surface area contributed by atoms with Crippen LogP contribution in [0.3, 0.4) is 0 Å². The number of para-hydroxylation sites is 1. The Kier molecular flexibility index (Phi) is 3.99. The first-order chi connectivity index (χ1) is 9.44. The summed E-state index contributed by atoms with van der Waals surface area (Å²) >= 11 is 0. The number of ether oxygens (including phenoxy) is 1. The Bertz CT molecular complexity index is 724. The number of benzene rings is 2. The molecule has 106 valence electrons. The van der Waals surface area contributed by atoms with Crippen LogP contribution in [0.15, 0.2) is 47.4 Å². The Morgan fingerprint density at radius 3 is 2.55 bits per heavy atom. The number of rotatable bonds is 4. The van der Waals surface area contributed by atoms with Gasteiger partial charge in [0, 0.05) is 11.3 Å². The zero-order valence-electron chi connectivity index (χ0n) is 11.5. The van der Waals surface area contributed by atoms with Crippen LogP contribution in [0.1, 0.15) is 11.1 Å². The smallest absolute Gasteiger partial charge is 0.182 e. The van der Waals surface area contributed by atoms with Crippen LogP contribution in [-0.4, -0.2) is 15.5 Å². The summed E-state index contributed by atoms with van der Waals surface area (Å²) in [6, 6.07) is 12.0. The summed E-state index contributed by atoms with van der Waals surface area (Å²) in [5.41, 5.74) is 7.45. The molecule has 0 aliphatic carbocycles. The minimum atomic E-state index is -3.46. The summed E-state index contributed by atoms with van der Waals surface area (Å²) in [5, 5.41) is 0. The molecule has 0 radical (unpaired) electrons. The normalized spacial score (nSPS) is 11.3. The number of hydrogen-bond donors (Lipinski definition) is 1. The van der Waals surface area contributed by atoms with Gasteiger partial charge in [0.1, 0.15) is 5.75 Å². The van der Waals surface area contributed by atoms with Gasteiger partial charge in [0.15, 0.2) is 9.84 Å². The molecule has 0 atom stereocenters. The summed E-state index contributed by atoms with van der Waals surface area (Å²) in [5.74, 6) is 0.457. The number of aryl methyl sites for hydroxylation is 1. The molecule has 0 aromatic heterocycles. The van der Waals surface area contributed by atoms with Crippen molar-refractivity contribution in [2.45, 2.75) is 17.6 Å². The molecule has 0 heterocycles. The Morgan fingerprint density at radius 1 is 1.15 bits per heavy atom. The summed E-state index contributed by atoms with van der Waals surface area (Å²) in [6.07, 6.45) is 0. The van der Waals surface area contributed by atoms with Gasteiger partial charge in [-0.3, -0.25) is 0 Å². The predicted molar refractivity (Wildman–Crippen MR) is 79.5 cm³/mol. The molecule has 0 spiro atoms. The van der Waals surface area contributed by atoms with E-state index < -0.39 is 9.84 Å². The molecule has 0 fully saturated rings. The molecule has 2 aromatic carbocycles. The van der Waals surface area contributed by atoms with E-state index in [0.717, 1.165) is 0 Å². The van der Waals surface area contributed by atoms with E-state index >= 15 is 0 Å². The molecule has 2 aromatic rings. The number of sulfone groups is 1. The highest BCUT2D eigenvalue weighted by atomic mass is 32.2. The number of anilines is 1. The molecule has 4 nitrogen and oxygen atoms in total. The molecule has 0 saturated carbocycles. The van der Waals surface area contributed by atoms with Gasteiger partial charge in [0.2, 0.25) is 0 Å². The average molecular weight is 291 g/mol. The fourth-order valence-corrected chi connectivity index (χ4v) is 3.73. The van der Waals surface area contributed by atoms with Crippen LogP contribution in [0.2, 0.25) is 0 Å². The fourth-order valence-electron chi connectivity index (χ4n) is 2.06. The third kappa shape index (κ3) is 2.93. The Hall–Kier alpha value is -2.01. The van der Waals surface area contributed by atoms with Crippen molar-refractivity contribution in [1.82, 2.24) is 0 Å². The van der Waals surface area contributed by atoms with Gasteiger partial charge in [0.05, 0.1) is 17.8 Å². The lowest BCUT2D eigenvalue weighted by Gasteiger charge is -2.11. The fraction of sp³-hybridized carbons (Fsp3) is 0.200. The van der Waals surface area contributed by atoms with E-state index in [-0.39, 0.29) is 10.6 Å². The zero-order valence-corrected chi connectivity index (χ0v) is 12.3. The molecule has 5 heteroatoms. The SMILES string of the molecule is COc1ccccc1CS(=O)(=O)c1cc(N)ccc1C. The second-order valence-corrected chi connectivity index (χ2v) is 6.55. The van der Waals surface area contributed by atoms with Gasteiger partial charge in [-0.1, -0.05) is 24.3 Å². The van der Waals surface area contributed by atoms with Crippen molar-refractivity contribution in [2.75, 3.05) is 12.8 Å². The molecule has 20 heavy (non-hydrogen) atoms. The van der Waals surface area contributed by atoms with Crippen molar-refractivity contribution in [3.8, 4) is 5.75 Å². The van der Waals surface area contributed by atoms with Crippen LogP contribution in [-0.2, 0) is 15.6 Å². The largest absolute Gasteiger partial charge is 0.496 e. The van der Waals surface area contributed by atoms with E-state index in [1.807, 2.05) is 0 Å². The first-order valence-electron chi connectivity index (χ1n) is 6.15. The number of nitrogens with two attached hydrogens (primary N) is 1. The molecule has 2 N–H and O–H groups in total. The molecular formula is C15H17NO3S. The molecular weight excluding hydrogens is 274 g/mol. The van der Waals surface area contributed by atoms with Crippen molar-refractivity contribution in [3.63, 3.8) is 0 Å². The van der Waals surface area contributed by atoms with Crippen LogP contribution >= 0.6 is 0 Å². The lowest BCUT2D eigenvalue weighted by Crippen LogP contribution is -2.08. The summed E-state index contributed by atoms with van der Waals surface area (Å²) in [7, 11) is -1.93. The topological polar surface area (TPSA) is 69.4 Å². The van der Waals surface area contributed by atoms with Crippen LogP contribution < -0.4 is 10.5 Å². The Labute approximate surface area is 119 Å². The van der Waals surface area contributed by atoms with Crippen molar-refractivity contribution < 1.29 is 13.2 Å². The summed E-state index contributed by atoms with van der Waals surface area (Å²) in [4.78, 5) is 0.267. The van der Waals surface area contributed by atoms with Crippen molar-refractivity contribution in [2.24, 2.45) is 0 Å². The van der Waals surface area contributed by atoms with Crippen molar-refractivity contribution in [3.05, 3.63) is 53.6 Å². The second kappa shape index (κ2) is 5.54. The van der Waals surface area contributed by atoms with Crippen molar-refractivity contribution in [1.29, 1.82) is 0 Å². The van der Waals surface area contributed by atoms with E-state index in [1.165, 1.54) is 13.2 Å². The van der Waals surface area contributed by atoms with Gasteiger partial charge in [-0.15, -0.1) is 0 Å². The third-order valence-corrected chi connectivity index (χ3v) is 4.89. The molecule has 0 saturated heterocycles. The standard InChI is InChI=1S/C15H17NO3S/c1-11-7-8-13(16)9-15(11)20(17,18)10-12-5-3-4-6-14(12)19-2/h3-9H,10,16H2,1-2H3. The Balaban J connectivity index is 2.43. The maximum atomic E-state index is 12.5. The average Bonchev–Trinajstić information content (AvgIpc) is 2.41. The van der Waals surface area contributed by atoms with E-state index in [1.54, 1.807) is 43.3 Å². The van der Waals surface area contributed by atoms with E-state index in [2.05, 4.69) is 0 Å². The first-order valence-corrected chi connectivity index (χ1v) is 7.80. The highest BCUT2D eigenvalue weighted by molar-refractivity contribution is 7.90. The monoisotopic (exact) mass is 291 g/mol. The van der Waals surface area contributed by atoms with Gasteiger partial charge >= 0.3 is 0 Å². The summed E-state index contributed by atoms with van der Waals surface area (Å²) < 4.78 is 30.3. The lowest BCUT2D eigenvalue weighted by molar-refractivity contribution is 0.411. The highest BCUT2D eigenvalue weighted by Crippen LogP contribution is 2.26. The van der Waals surface area contributed by atoms with Gasteiger partial charge in [-0.25, -0.2) is 8.42 Å². The molecule has 2 rings (SSSR count). The van der Waals surface area contributed by atoms with Crippen LogP contribution in [0.4, 0.5) is 5.69 Å². The molecule has 0 aliphatic rings. The van der Waals surface area contributed by atoms with Gasteiger partial charge in [-0.05, 0) is 30.7 Å². The van der Waals surface area contributed by atoms with E-state index in [4.69, 9.17) is 10.5 Å². The van der Waals surface area contributed by atoms with Crippen LogP contribution in [0, 0.1) is 6.92 Å². The molecule has 0 bridgehead atoms. The first kappa shape index (κ1) is 14.4. The second-order valence-electron chi connectivity index (χ2n) is 4.60. The third-order valence-electron chi connectivity index (χ3n) is 3.09. The Morgan fingerprint density at radius 2 is 1.85 bits per heavy atom. The minimum absolute atomic E-state index is 0.110. The number of nitrogen functional groups attached to an aromatic ring is 1. The van der Waals surface area contributed by atoms with Crippen LogP contribution in [0.5, 0.6) is 5.75 Å². The lowest BCUT2D eigenvalue weighted by atomic mass is 10.2.